The third kappa shape index (κ3) is 3.38. The Labute approximate surface area is 117 Å². The zero-order valence-electron chi connectivity index (χ0n) is 11.2. The lowest BCUT2D eigenvalue weighted by molar-refractivity contribution is 0.578. The summed E-state index contributed by atoms with van der Waals surface area (Å²) in [5, 5.41) is 16.1. The van der Waals surface area contributed by atoms with Gasteiger partial charge in [0.25, 0.3) is 0 Å². The normalized spacial score (nSPS) is 13.3. The molecule has 8 nitrogen and oxygen atoms in total. The highest BCUT2D eigenvalue weighted by atomic mass is 32.2. The van der Waals surface area contributed by atoms with E-state index in [-0.39, 0.29) is 23.3 Å². The molecule has 1 aromatic carbocycles. The summed E-state index contributed by atoms with van der Waals surface area (Å²) in [6.45, 7) is 1.95. The van der Waals surface area contributed by atoms with Gasteiger partial charge in [-0.25, -0.2) is 13.1 Å². The van der Waals surface area contributed by atoms with Crippen LogP contribution >= 0.6 is 0 Å². The fourth-order valence-corrected chi connectivity index (χ4v) is 2.65. The van der Waals surface area contributed by atoms with Crippen molar-refractivity contribution >= 4 is 10.0 Å². The van der Waals surface area contributed by atoms with Gasteiger partial charge in [-0.05, 0) is 31.7 Å². The average Bonchev–Trinajstić information content (AvgIpc) is 2.98. The second kappa shape index (κ2) is 6.07. The molecule has 2 aromatic rings. The van der Waals surface area contributed by atoms with Crippen molar-refractivity contribution in [3.05, 3.63) is 35.7 Å². The first-order valence-electron chi connectivity index (χ1n) is 6.02. The first-order valence-corrected chi connectivity index (χ1v) is 7.50. The van der Waals surface area contributed by atoms with Gasteiger partial charge in [-0.2, -0.15) is 5.21 Å². The summed E-state index contributed by atoms with van der Waals surface area (Å²) in [7, 11) is -1.78. The minimum Gasteiger partial charge on any atom is -0.313 e. The molecule has 0 saturated heterocycles. The Bertz CT molecular complexity index is 655. The van der Waals surface area contributed by atoms with E-state index in [9.17, 15) is 8.42 Å². The van der Waals surface area contributed by atoms with Gasteiger partial charge >= 0.3 is 0 Å². The van der Waals surface area contributed by atoms with Crippen LogP contribution in [0.3, 0.4) is 0 Å². The molecule has 108 valence electrons. The molecular formula is C11H16N6O2S. The third-order valence-electron chi connectivity index (χ3n) is 2.91. The van der Waals surface area contributed by atoms with Gasteiger partial charge in [0.1, 0.15) is 0 Å². The fourth-order valence-electron chi connectivity index (χ4n) is 1.62. The van der Waals surface area contributed by atoms with Crippen LogP contribution in [0.4, 0.5) is 0 Å². The Hall–Kier alpha value is -1.84. The van der Waals surface area contributed by atoms with Gasteiger partial charge in [-0.15, -0.1) is 10.2 Å². The number of aromatic amines is 1. The predicted octanol–water partition coefficient (Wildman–Crippen LogP) is -0.0414. The van der Waals surface area contributed by atoms with E-state index in [1.807, 2.05) is 20.0 Å². The molecule has 1 aromatic heterocycles. The molecule has 0 aliphatic carbocycles. The second-order valence-electron chi connectivity index (χ2n) is 4.24. The molecule has 0 bridgehead atoms. The Morgan fingerprint density at radius 1 is 1.40 bits per heavy atom. The summed E-state index contributed by atoms with van der Waals surface area (Å²) >= 11 is 0. The number of H-pyrrole nitrogens is 1. The molecule has 0 aliphatic heterocycles. The molecule has 2 rings (SSSR count). The lowest BCUT2D eigenvalue weighted by atomic mass is 10.1. The van der Waals surface area contributed by atoms with Crippen LogP contribution in [0.2, 0.25) is 0 Å². The molecule has 0 radical (unpaired) electrons. The number of nitrogens with one attached hydrogen (secondary N) is 3. The number of aromatic nitrogens is 4. The number of benzene rings is 1. The number of tetrazole rings is 1. The van der Waals surface area contributed by atoms with E-state index in [0.29, 0.717) is 0 Å². The molecule has 9 heteroatoms. The van der Waals surface area contributed by atoms with Gasteiger partial charge in [0.15, 0.2) is 5.82 Å². The molecule has 0 aliphatic rings. The van der Waals surface area contributed by atoms with E-state index in [2.05, 4.69) is 30.7 Å². The maximum atomic E-state index is 12.2. The van der Waals surface area contributed by atoms with E-state index in [0.717, 1.165) is 5.56 Å². The molecule has 0 saturated carbocycles. The molecule has 0 amide bonds. The van der Waals surface area contributed by atoms with Crippen LogP contribution in [0.15, 0.2) is 29.2 Å². The smallest absolute Gasteiger partial charge is 0.240 e. The summed E-state index contributed by atoms with van der Waals surface area (Å²) in [5.74, 6) is 0.285. The zero-order valence-corrected chi connectivity index (χ0v) is 12.0. The van der Waals surface area contributed by atoms with Crippen molar-refractivity contribution in [1.29, 1.82) is 0 Å². The quantitative estimate of drug-likeness (QED) is 0.689. The molecule has 1 heterocycles. The topological polar surface area (TPSA) is 113 Å². The van der Waals surface area contributed by atoms with E-state index in [1.165, 1.54) is 0 Å². The number of nitrogens with zero attached hydrogens (tertiary/aromatic N) is 3. The molecule has 1 atom stereocenters. The average molecular weight is 296 g/mol. The van der Waals surface area contributed by atoms with Crippen molar-refractivity contribution in [2.45, 2.75) is 24.4 Å². The minimum absolute atomic E-state index is 0.00928. The number of hydrogen-bond acceptors (Lipinski definition) is 6. The molecule has 20 heavy (non-hydrogen) atoms. The largest absolute Gasteiger partial charge is 0.313 e. The highest BCUT2D eigenvalue weighted by molar-refractivity contribution is 7.89. The minimum atomic E-state index is -3.60. The van der Waals surface area contributed by atoms with Crippen LogP contribution in [-0.4, -0.2) is 36.1 Å². The van der Waals surface area contributed by atoms with Gasteiger partial charge in [-0.1, -0.05) is 17.3 Å². The van der Waals surface area contributed by atoms with Gasteiger partial charge in [0.05, 0.1) is 11.4 Å². The van der Waals surface area contributed by atoms with Gasteiger partial charge in [0.2, 0.25) is 10.0 Å². The van der Waals surface area contributed by atoms with Gasteiger partial charge < -0.3 is 5.32 Å². The molecular weight excluding hydrogens is 280 g/mol. The van der Waals surface area contributed by atoms with Gasteiger partial charge in [0, 0.05) is 6.04 Å². The van der Waals surface area contributed by atoms with E-state index in [4.69, 9.17) is 0 Å². The Morgan fingerprint density at radius 2 is 2.20 bits per heavy atom. The van der Waals surface area contributed by atoms with E-state index >= 15 is 0 Å². The maximum absolute atomic E-state index is 12.2. The van der Waals surface area contributed by atoms with Crippen LogP contribution in [0.25, 0.3) is 0 Å². The number of rotatable bonds is 6. The fraction of sp³-hybridized carbons (Fsp3) is 0.364. The maximum Gasteiger partial charge on any atom is 0.240 e. The SMILES string of the molecule is CNC(C)c1cccc(S(=O)(=O)NCc2nn[nH]n2)c1. The first kappa shape index (κ1) is 14.6. The lowest BCUT2D eigenvalue weighted by Crippen LogP contribution is -2.24. The molecule has 3 N–H and O–H groups in total. The summed E-state index contributed by atoms with van der Waals surface area (Å²) in [5.41, 5.74) is 0.898. The molecule has 1 unspecified atom stereocenters. The van der Waals surface area contributed by atoms with Crippen LogP contribution in [0.1, 0.15) is 24.4 Å². The highest BCUT2D eigenvalue weighted by Crippen LogP contribution is 2.17. The van der Waals surface area contributed by atoms with Crippen LogP contribution in [-0.2, 0) is 16.6 Å². The van der Waals surface area contributed by atoms with Crippen LogP contribution < -0.4 is 10.0 Å². The van der Waals surface area contributed by atoms with E-state index < -0.39 is 10.0 Å². The zero-order chi connectivity index (χ0) is 14.6. The number of hydrogen-bond donors (Lipinski definition) is 3. The second-order valence-corrected chi connectivity index (χ2v) is 6.00. The standard InChI is InChI=1S/C11H16N6O2S/c1-8(12-2)9-4-3-5-10(6-9)20(18,19)13-7-11-14-16-17-15-11/h3-6,8,12-13H,7H2,1-2H3,(H,14,15,16,17). The predicted molar refractivity (Wildman–Crippen MR) is 72.1 cm³/mol. The Morgan fingerprint density at radius 3 is 2.85 bits per heavy atom. The lowest BCUT2D eigenvalue weighted by Gasteiger charge is -2.12. The summed E-state index contributed by atoms with van der Waals surface area (Å²) in [4.78, 5) is 0.209. The van der Waals surface area contributed by atoms with Crippen molar-refractivity contribution < 1.29 is 8.42 Å². The summed E-state index contributed by atoms with van der Waals surface area (Å²) in [6, 6.07) is 6.85. The summed E-state index contributed by atoms with van der Waals surface area (Å²) in [6.07, 6.45) is 0. The van der Waals surface area contributed by atoms with Gasteiger partial charge in [-0.3, -0.25) is 0 Å². The molecule has 0 fully saturated rings. The third-order valence-corrected chi connectivity index (χ3v) is 4.31. The Kier molecular flexibility index (Phi) is 4.42. The van der Waals surface area contributed by atoms with Crippen molar-refractivity contribution in [1.82, 2.24) is 30.7 Å². The van der Waals surface area contributed by atoms with Crippen molar-refractivity contribution in [3.63, 3.8) is 0 Å². The van der Waals surface area contributed by atoms with Crippen molar-refractivity contribution in [2.24, 2.45) is 0 Å². The first-order chi connectivity index (χ1) is 9.53. The van der Waals surface area contributed by atoms with Crippen LogP contribution in [0, 0.1) is 0 Å². The van der Waals surface area contributed by atoms with Crippen molar-refractivity contribution in [2.75, 3.05) is 7.05 Å². The van der Waals surface area contributed by atoms with Crippen LogP contribution in [0.5, 0.6) is 0 Å². The van der Waals surface area contributed by atoms with Crippen molar-refractivity contribution in [3.8, 4) is 0 Å². The monoisotopic (exact) mass is 296 g/mol. The summed E-state index contributed by atoms with van der Waals surface area (Å²) < 4.78 is 26.8. The van der Waals surface area contributed by atoms with E-state index in [1.54, 1.807) is 18.2 Å². The highest BCUT2D eigenvalue weighted by Gasteiger charge is 2.16. The Balaban J connectivity index is 2.16. The molecule has 0 spiro atoms. The number of sulfonamides is 1.